The zero-order chi connectivity index (χ0) is 20.3. The minimum absolute atomic E-state index is 0.00352. The maximum Gasteiger partial charge on any atom is 0.510 e. The molecule has 1 N–H and O–H groups in total. The molecule has 2 atom stereocenters. The molecule has 1 saturated heterocycles. The summed E-state index contributed by atoms with van der Waals surface area (Å²) in [7, 11) is 0. The van der Waals surface area contributed by atoms with Gasteiger partial charge in [0.25, 0.3) is 0 Å². The Hall–Kier alpha value is -0.770. The van der Waals surface area contributed by atoms with Gasteiger partial charge in [-0.1, -0.05) is 90.9 Å². The van der Waals surface area contributed by atoms with Gasteiger partial charge in [0, 0.05) is 0 Å². The molecule has 1 heterocycles. The van der Waals surface area contributed by atoms with Crippen molar-refractivity contribution in [2.75, 3.05) is 6.54 Å². The molecule has 0 spiro atoms. The molecule has 4 nitrogen and oxygen atoms in total. The SMILES string of the molecule is CCCCCCCCCCCCCCCC(CC)OC(=O)OC1CCCCN1. The van der Waals surface area contributed by atoms with Crippen molar-refractivity contribution in [3.63, 3.8) is 0 Å². The fourth-order valence-corrected chi connectivity index (χ4v) is 3.94. The Bertz CT molecular complexity index is 356. The molecular formula is C24H47NO3. The Labute approximate surface area is 174 Å². The molecule has 0 amide bonds. The Morgan fingerprint density at radius 2 is 1.43 bits per heavy atom. The summed E-state index contributed by atoms with van der Waals surface area (Å²) in [5.41, 5.74) is 0. The van der Waals surface area contributed by atoms with Gasteiger partial charge < -0.3 is 9.47 Å². The van der Waals surface area contributed by atoms with Crippen LogP contribution in [0.3, 0.4) is 0 Å². The third-order valence-electron chi connectivity index (χ3n) is 5.85. The van der Waals surface area contributed by atoms with Crippen LogP contribution in [-0.2, 0) is 9.47 Å². The second kappa shape index (κ2) is 18.3. The summed E-state index contributed by atoms with van der Waals surface area (Å²) in [6.07, 6.45) is 22.0. The Balaban J connectivity index is 1.90. The van der Waals surface area contributed by atoms with Crippen molar-refractivity contribution in [2.45, 2.75) is 142 Å². The lowest BCUT2D eigenvalue weighted by molar-refractivity contribution is -0.0209. The molecule has 1 rings (SSSR count). The molecule has 0 aliphatic carbocycles. The molecule has 28 heavy (non-hydrogen) atoms. The van der Waals surface area contributed by atoms with Gasteiger partial charge in [-0.05, 0) is 45.1 Å². The number of hydrogen-bond acceptors (Lipinski definition) is 4. The highest BCUT2D eigenvalue weighted by Crippen LogP contribution is 2.16. The summed E-state index contributed by atoms with van der Waals surface area (Å²) in [6, 6.07) is 0. The largest absolute Gasteiger partial charge is 0.510 e. The van der Waals surface area contributed by atoms with Crippen LogP contribution in [0.25, 0.3) is 0 Å². The number of carbonyl (C=O) groups is 1. The van der Waals surface area contributed by atoms with Crippen molar-refractivity contribution in [1.29, 1.82) is 0 Å². The molecule has 0 aromatic rings. The van der Waals surface area contributed by atoms with Crippen LogP contribution in [-0.4, -0.2) is 25.0 Å². The maximum absolute atomic E-state index is 11.9. The van der Waals surface area contributed by atoms with Gasteiger partial charge >= 0.3 is 6.16 Å². The van der Waals surface area contributed by atoms with Gasteiger partial charge in [0.05, 0.1) is 0 Å². The first-order valence-electron chi connectivity index (χ1n) is 12.4. The maximum atomic E-state index is 11.9. The van der Waals surface area contributed by atoms with Crippen molar-refractivity contribution in [3.8, 4) is 0 Å². The number of ether oxygens (including phenoxy) is 2. The van der Waals surface area contributed by atoms with Crippen molar-refractivity contribution in [2.24, 2.45) is 0 Å². The van der Waals surface area contributed by atoms with Gasteiger partial charge in [0.2, 0.25) is 0 Å². The van der Waals surface area contributed by atoms with Crippen LogP contribution in [0.1, 0.15) is 129 Å². The number of carbonyl (C=O) groups excluding carboxylic acids is 1. The van der Waals surface area contributed by atoms with E-state index in [1.165, 1.54) is 77.0 Å². The van der Waals surface area contributed by atoms with Crippen molar-refractivity contribution in [1.82, 2.24) is 5.32 Å². The Morgan fingerprint density at radius 1 is 0.857 bits per heavy atom. The average molecular weight is 398 g/mol. The summed E-state index contributed by atoms with van der Waals surface area (Å²) in [5.74, 6) is 0. The fourth-order valence-electron chi connectivity index (χ4n) is 3.94. The lowest BCUT2D eigenvalue weighted by atomic mass is 10.0. The van der Waals surface area contributed by atoms with Crippen LogP contribution in [0, 0.1) is 0 Å². The highest BCUT2D eigenvalue weighted by molar-refractivity contribution is 5.60. The standard InChI is InChI=1S/C24H47NO3/c1-3-5-6-7-8-9-10-11-12-13-14-15-16-19-22(4-2)27-24(26)28-23-20-17-18-21-25-23/h22-23,25H,3-21H2,1-2H3. The van der Waals surface area contributed by atoms with E-state index in [1.54, 1.807) is 0 Å². The van der Waals surface area contributed by atoms with Gasteiger partial charge in [0.1, 0.15) is 6.10 Å². The molecule has 1 fully saturated rings. The van der Waals surface area contributed by atoms with E-state index in [4.69, 9.17) is 9.47 Å². The minimum Gasteiger partial charge on any atom is -0.431 e. The molecule has 166 valence electrons. The van der Waals surface area contributed by atoms with Crippen LogP contribution >= 0.6 is 0 Å². The van der Waals surface area contributed by atoms with E-state index in [0.29, 0.717) is 0 Å². The zero-order valence-corrected chi connectivity index (χ0v) is 18.8. The predicted octanol–water partition coefficient (Wildman–Crippen LogP) is 7.50. The van der Waals surface area contributed by atoms with Crippen LogP contribution in [0.4, 0.5) is 4.79 Å². The first kappa shape index (κ1) is 25.3. The Kier molecular flexibility index (Phi) is 16.5. The molecule has 0 aromatic heterocycles. The lowest BCUT2D eigenvalue weighted by Crippen LogP contribution is -2.38. The van der Waals surface area contributed by atoms with Gasteiger partial charge in [-0.25, -0.2) is 4.79 Å². The number of unbranched alkanes of at least 4 members (excludes halogenated alkanes) is 12. The second-order valence-corrected chi connectivity index (χ2v) is 8.49. The molecule has 0 bridgehead atoms. The van der Waals surface area contributed by atoms with Gasteiger partial charge in [-0.15, -0.1) is 0 Å². The molecule has 4 heteroatoms. The minimum atomic E-state index is -0.499. The van der Waals surface area contributed by atoms with E-state index < -0.39 is 6.16 Å². The smallest absolute Gasteiger partial charge is 0.431 e. The van der Waals surface area contributed by atoms with Crippen molar-refractivity contribution >= 4 is 6.16 Å². The normalized spacial score (nSPS) is 18.0. The van der Waals surface area contributed by atoms with Gasteiger partial charge in [-0.3, -0.25) is 5.32 Å². The monoisotopic (exact) mass is 397 g/mol. The van der Waals surface area contributed by atoms with Gasteiger partial charge in [0.15, 0.2) is 6.23 Å². The summed E-state index contributed by atoms with van der Waals surface area (Å²) in [5, 5.41) is 3.21. The lowest BCUT2D eigenvalue weighted by Gasteiger charge is -2.24. The van der Waals surface area contributed by atoms with Crippen molar-refractivity contribution in [3.05, 3.63) is 0 Å². The summed E-state index contributed by atoms with van der Waals surface area (Å²) in [6.45, 7) is 5.28. The highest BCUT2D eigenvalue weighted by atomic mass is 16.7. The Morgan fingerprint density at radius 3 is 1.93 bits per heavy atom. The molecule has 0 saturated carbocycles. The number of rotatable bonds is 17. The predicted molar refractivity (Wildman–Crippen MR) is 118 cm³/mol. The van der Waals surface area contributed by atoms with E-state index in [2.05, 4.69) is 19.2 Å². The first-order chi connectivity index (χ1) is 13.8. The number of piperidine rings is 1. The molecule has 1 aliphatic rings. The van der Waals surface area contributed by atoms with E-state index >= 15 is 0 Å². The summed E-state index contributed by atoms with van der Waals surface area (Å²) >= 11 is 0. The molecule has 2 unspecified atom stereocenters. The van der Waals surface area contributed by atoms with Crippen LogP contribution in [0.2, 0.25) is 0 Å². The first-order valence-corrected chi connectivity index (χ1v) is 12.4. The van der Waals surface area contributed by atoms with E-state index in [1.807, 2.05) is 0 Å². The van der Waals surface area contributed by atoms with Crippen LogP contribution in [0.5, 0.6) is 0 Å². The second-order valence-electron chi connectivity index (χ2n) is 8.49. The van der Waals surface area contributed by atoms with E-state index in [9.17, 15) is 4.79 Å². The molecule has 0 radical (unpaired) electrons. The van der Waals surface area contributed by atoms with Crippen LogP contribution < -0.4 is 5.32 Å². The number of hydrogen-bond donors (Lipinski definition) is 1. The van der Waals surface area contributed by atoms with Gasteiger partial charge in [-0.2, -0.15) is 0 Å². The summed E-state index contributed by atoms with van der Waals surface area (Å²) < 4.78 is 10.9. The van der Waals surface area contributed by atoms with Crippen LogP contribution in [0.15, 0.2) is 0 Å². The average Bonchev–Trinajstić information content (AvgIpc) is 2.71. The third-order valence-corrected chi connectivity index (χ3v) is 5.85. The molecule has 1 aliphatic heterocycles. The zero-order valence-electron chi connectivity index (χ0n) is 18.8. The highest BCUT2D eigenvalue weighted by Gasteiger charge is 2.20. The van der Waals surface area contributed by atoms with Crippen molar-refractivity contribution < 1.29 is 14.3 Å². The fraction of sp³-hybridized carbons (Fsp3) is 0.958. The molecule has 0 aromatic carbocycles. The topological polar surface area (TPSA) is 47.6 Å². The van der Waals surface area contributed by atoms with E-state index in [0.717, 1.165) is 45.1 Å². The quantitative estimate of drug-likeness (QED) is 0.204. The summed E-state index contributed by atoms with van der Waals surface area (Å²) in [4.78, 5) is 11.9. The number of nitrogens with one attached hydrogen (secondary N) is 1. The molecular weight excluding hydrogens is 350 g/mol. The van der Waals surface area contributed by atoms with E-state index in [-0.39, 0.29) is 12.3 Å². The third kappa shape index (κ3) is 14.3.